The monoisotopic (exact) mass is 717 g/mol. The van der Waals surface area contributed by atoms with Crippen LogP contribution in [0.4, 0.5) is 15.9 Å². The van der Waals surface area contributed by atoms with E-state index in [1.54, 1.807) is 47.7 Å². The van der Waals surface area contributed by atoms with Crippen LogP contribution in [0.1, 0.15) is 10.6 Å². The van der Waals surface area contributed by atoms with Crippen molar-refractivity contribution in [2.45, 2.75) is 17.9 Å². The number of halogens is 2. The average molecular weight is 719 g/mol. The van der Waals surface area contributed by atoms with Gasteiger partial charge in [-0.3, -0.25) is 0 Å². The highest BCUT2D eigenvalue weighted by Crippen LogP contribution is 2.33. The zero-order valence-corrected chi connectivity index (χ0v) is 27.7. The first-order valence-electron chi connectivity index (χ1n) is 14.5. The van der Waals surface area contributed by atoms with Gasteiger partial charge in [0, 0.05) is 41.5 Å². The topological polar surface area (TPSA) is 106 Å². The molecule has 0 fully saturated rings. The molecule has 2 N–H and O–H groups in total. The zero-order chi connectivity index (χ0) is 31.9. The Kier molecular flexibility index (Phi) is 9.98. The van der Waals surface area contributed by atoms with Gasteiger partial charge in [-0.2, -0.15) is 0 Å². The molecule has 0 aliphatic carbocycles. The molecular formula is C34H29BrFN5O3S2. The third-order valence-electron chi connectivity index (χ3n) is 7.13. The second kappa shape index (κ2) is 14.5. The van der Waals surface area contributed by atoms with Gasteiger partial charge in [-0.1, -0.05) is 36.4 Å². The van der Waals surface area contributed by atoms with Gasteiger partial charge in [0.1, 0.15) is 30.3 Å². The van der Waals surface area contributed by atoms with Crippen LogP contribution in [0.2, 0.25) is 0 Å². The van der Waals surface area contributed by atoms with Gasteiger partial charge in [-0.15, -0.1) is 11.3 Å². The first-order chi connectivity index (χ1) is 22.3. The molecule has 12 heteroatoms. The second-order valence-corrected chi connectivity index (χ2v) is 14.3. The van der Waals surface area contributed by atoms with Gasteiger partial charge in [-0.25, -0.2) is 27.8 Å². The Labute approximate surface area is 278 Å². The molecule has 2 heterocycles. The van der Waals surface area contributed by atoms with Crippen molar-refractivity contribution in [1.82, 2.24) is 20.3 Å². The van der Waals surface area contributed by atoms with Gasteiger partial charge in [0.05, 0.1) is 31.3 Å². The third kappa shape index (κ3) is 7.94. The predicted molar refractivity (Wildman–Crippen MR) is 184 cm³/mol. The van der Waals surface area contributed by atoms with Crippen molar-refractivity contribution < 1.29 is 17.5 Å². The summed E-state index contributed by atoms with van der Waals surface area (Å²) in [7, 11) is -3.31. The van der Waals surface area contributed by atoms with Crippen molar-refractivity contribution in [1.29, 1.82) is 0 Å². The summed E-state index contributed by atoms with van der Waals surface area (Å²) < 4.78 is 45.1. The maximum Gasteiger partial charge on any atom is 0.179 e. The summed E-state index contributed by atoms with van der Waals surface area (Å²) in [5, 5.41) is 10.4. The van der Waals surface area contributed by atoms with Crippen LogP contribution in [0.5, 0.6) is 5.75 Å². The van der Waals surface area contributed by atoms with Crippen LogP contribution < -0.4 is 15.4 Å². The molecule has 46 heavy (non-hydrogen) atoms. The van der Waals surface area contributed by atoms with E-state index in [4.69, 9.17) is 9.72 Å². The standard InChI is InChI=1S/C34H29BrFN5O3S2/c35-29-19-26(10-12-32(29)44-20-23-5-4-6-25(36)17-23)40-34-28-18-24(9-11-30(28)38-22-39-34)31-21-45-33(41-31)13-14-37-15-16-46(42,43)27-7-2-1-3-8-27/h1-12,17-19,21-22,37H,13-16,20H2,(H,38,39,40). The van der Waals surface area contributed by atoms with Crippen LogP contribution in [0.25, 0.3) is 22.2 Å². The Morgan fingerprint density at radius 1 is 0.913 bits per heavy atom. The van der Waals surface area contributed by atoms with Gasteiger partial charge < -0.3 is 15.4 Å². The Morgan fingerprint density at radius 2 is 1.78 bits per heavy atom. The average Bonchev–Trinajstić information content (AvgIpc) is 3.54. The smallest absolute Gasteiger partial charge is 0.179 e. The number of nitrogens with zero attached hydrogens (tertiary/aromatic N) is 3. The van der Waals surface area contributed by atoms with E-state index >= 15 is 0 Å². The molecule has 0 amide bonds. The van der Waals surface area contributed by atoms with Gasteiger partial charge in [-0.05, 0) is 76.1 Å². The summed E-state index contributed by atoms with van der Waals surface area (Å²) in [5.41, 5.74) is 4.13. The summed E-state index contributed by atoms with van der Waals surface area (Å²) in [6.45, 7) is 1.24. The van der Waals surface area contributed by atoms with Gasteiger partial charge in [0.25, 0.3) is 0 Å². The number of benzene rings is 4. The maximum atomic E-state index is 13.5. The number of sulfone groups is 1. The fraction of sp³-hybridized carbons (Fsp3) is 0.147. The number of nitrogens with one attached hydrogen (secondary N) is 2. The van der Waals surface area contributed by atoms with Crippen LogP contribution in [0.3, 0.4) is 0 Å². The lowest BCUT2D eigenvalue weighted by Crippen LogP contribution is -2.25. The lowest BCUT2D eigenvalue weighted by Gasteiger charge is -2.12. The molecule has 0 saturated carbocycles. The molecule has 234 valence electrons. The minimum absolute atomic E-state index is 0.0428. The van der Waals surface area contributed by atoms with Crippen LogP contribution in [0.15, 0.2) is 112 Å². The first-order valence-corrected chi connectivity index (χ1v) is 17.8. The molecule has 0 unspecified atom stereocenters. The predicted octanol–water partition coefficient (Wildman–Crippen LogP) is 7.58. The number of hydrogen-bond donors (Lipinski definition) is 2. The van der Waals surface area contributed by atoms with Crippen LogP contribution >= 0.6 is 27.3 Å². The number of ether oxygens (including phenoxy) is 1. The molecule has 0 aliphatic rings. The van der Waals surface area contributed by atoms with E-state index in [9.17, 15) is 12.8 Å². The molecule has 6 aromatic rings. The normalized spacial score (nSPS) is 11.5. The summed E-state index contributed by atoms with van der Waals surface area (Å²) in [4.78, 5) is 14.1. The minimum Gasteiger partial charge on any atom is -0.488 e. The fourth-order valence-electron chi connectivity index (χ4n) is 4.77. The van der Waals surface area contributed by atoms with Crippen molar-refractivity contribution in [3.05, 3.63) is 124 Å². The van der Waals surface area contributed by atoms with Crippen molar-refractivity contribution in [3.8, 4) is 17.0 Å². The lowest BCUT2D eigenvalue weighted by atomic mass is 10.1. The third-order valence-corrected chi connectivity index (χ3v) is 10.4. The molecule has 0 spiro atoms. The number of rotatable bonds is 13. The molecule has 4 aromatic carbocycles. The molecule has 0 saturated heterocycles. The van der Waals surface area contributed by atoms with Crippen LogP contribution in [-0.2, 0) is 22.9 Å². The van der Waals surface area contributed by atoms with Crippen LogP contribution in [0, 0.1) is 5.82 Å². The van der Waals surface area contributed by atoms with E-state index < -0.39 is 9.84 Å². The fourth-order valence-corrected chi connectivity index (χ4v) is 7.29. The number of hydrogen-bond acceptors (Lipinski definition) is 9. The van der Waals surface area contributed by atoms with Crippen molar-refractivity contribution in [2.24, 2.45) is 0 Å². The van der Waals surface area contributed by atoms with Crippen molar-refractivity contribution in [2.75, 3.05) is 24.2 Å². The Bertz CT molecular complexity index is 2080. The minimum atomic E-state index is -3.31. The largest absolute Gasteiger partial charge is 0.488 e. The highest BCUT2D eigenvalue weighted by atomic mass is 79.9. The molecule has 6 rings (SSSR count). The maximum absolute atomic E-state index is 13.5. The highest BCUT2D eigenvalue weighted by molar-refractivity contribution is 9.10. The Morgan fingerprint density at radius 3 is 2.61 bits per heavy atom. The first kappa shape index (κ1) is 31.7. The number of thiazole rings is 1. The molecule has 0 bridgehead atoms. The summed E-state index contributed by atoms with van der Waals surface area (Å²) in [6, 6.07) is 26.4. The Hall–Kier alpha value is -4.23. The van der Waals surface area contributed by atoms with E-state index in [0.717, 1.165) is 42.9 Å². The number of aromatic nitrogens is 3. The zero-order valence-electron chi connectivity index (χ0n) is 24.5. The SMILES string of the molecule is O=S(=O)(CCNCCc1nc(-c2ccc3ncnc(Nc4ccc(OCc5cccc(F)c5)c(Br)c4)c3c2)cs1)c1ccccc1. The van der Waals surface area contributed by atoms with E-state index in [1.807, 2.05) is 47.8 Å². The van der Waals surface area contributed by atoms with Gasteiger partial charge >= 0.3 is 0 Å². The molecule has 2 aromatic heterocycles. The highest BCUT2D eigenvalue weighted by Gasteiger charge is 2.14. The summed E-state index contributed by atoms with van der Waals surface area (Å²) >= 11 is 5.15. The summed E-state index contributed by atoms with van der Waals surface area (Å²) in [5.74, 6) is 1.03. The summed E-state index contributed by atoms with van der Waals surface area (Å²) in [6.07, 6.45) is 2.21. The second-order valence-electron chi connectivity index (χ2n) is 10.4. The molecule has 0 aliphatic heterocycles. The lowest BCUT2D eigenvalue weighted by molar-refractivity contribution is 0.303. The van der Waals surface area contributed by atoms with Crippen molar-refractivity contribution >= 4 is 59.5 Å². The van der Waals surface area contributed by atoms with Gasteiger partial charge in [0.15, 0.2) is 9.84 Å². The van der Waals surface area contributed by atoms with E-state index in [0.29, 0.717) is 36.0 Å². The van der Waals surface area contributed by atoms with Gasteiger partial charge in [0.2, 0.25) is 0 Å². The van der Waals surface area contributed by atoms with E-state index in [1.165, 1.54) is 18.5 Å². The quantitative estimate of drug-likeness (QED) is 0.118. The number of fused-ring (bicyclic) bond motifs is 1. The Balaban J connectivity index is 1.08. The molecule has 0 atom stereocenters. The van der Waals surface area contributed by atoms with E-state index in [2.05, 4.69) is 36.5 Å². The van der Waals surface area contributed by atoms with Crippen molar-refractivity contribution in [3.63, 3.8) is 0 Å². The molecular weight excluding hydrogens is 689 g/mol. The molecule has 0 radical (unpaired) electrons. The van der Waals surface area contributed by atoms with E-state index in [-0.39, 0.29) is 18.2 Å². The van der Waals surface area contributed by atoms with Crippen LogP contribution in [-0.4, -0.2) is 42.2 Å². The number of anilines is 2. The molecule has 8 nitrogen and oxygen atoms in total.